The van der Waals surface area contributed by atoms with Crippen molar-refractivity contribution in [3.8, 4) is 23.0 Å². The lowest BCUT2D eigenvalue weighted by Crippen LogP contribution is -2.37. The Hall–Kier alpha value is -4.57. The Bertz CT molecular complexity index is 1380. The molecular weight excluding hydrogens is 516 g/mol. The van der Waals surface area contributed by atoms with E-state index in [0.29, 0.717) is 29.3 Å². The number of para-hydroxylation sites is 1. The number of methoxy groups -OCH3 is 2. The first kappa shape index (κ1) is 27.0. The van der Waals surface area contributed by atoms with E-state index < -0.39 is 35.8 Å². The Labute approximate surface area is 231 Å². The van der Waals surface area contributed by atoms with Crippen molar-refractivity contribution in [1.29, 1.82) is 0 Å². The van der Waals surface area contributed by atoms with E-state index in [-0.39, 0.29) is 17.2 Å². The highest BCUT2D eigenvalue weighted by atomic mass is 16.7. The topological polar surface area (TPSA) is 104 Å². The van der Waals surface area contributed by atoms with Gasteiger partial charge in [0, 0.05) is 6.92 Å². The molecule has 0 aromatic heterocycles. The molecule has 0 bridgehead atoms. The third-order valence-electron chi connectivity index (χ3n) is 6.76. The van der Waals surface area contributed by atoms with Crippen LogP contribution in [0.5, 0.6) is 23.0 Å². The Morgan fingerprint density at radius 2 is 1.55 bits per heavy atom. The molecule has 0 spiro atoms. The fraction of sp³-hybridized carbons (Fsp3) is 0.300. The minimum Gasteiger partial charge on any atom is -0.494 e. The third kappa shape index (κ3) is 4.82. The van der Waals surface area contributed by atoms with Crippen molar-refractivity contribution < 1.29 is 38.2 Å². The van der Waals surface area contributed by atoms with E-state index in [4.69, 9.17) is 23.8 Å². The van der Waals surface area contributed by atoms with Gasteiger partial charge in [-0.1, -0.05) is 25.1 Å². The van der Waals surface area contributed by atoms with Gasteiger partial charge >= 0.3 is 5.97 Å². The number of fused-ring (bicyclic) bond motifs is 1. The molecule has 2 aliphatic rings. The van der Waals surface area contributed by atoms with E-state index >= 15 is 0 Å². The summed E-state index contributed by atoms with van der Waals surface area (Å²) in [6.45, 7) is 3.86. The fourth-order valence-corrected chi connectivity index (χ4v) is 5.03. The van der Waals surface area contributed by atoms with Crippen molar-refractivity contribution in [1.82, 2.24) is 0 Å². The van der Waals surface area contributed by atoms with E-state index in [0.717, 1.165) is 11.3 Å². The molecule has 3 aromatic rings. The zero-order valence-corrected chi connectivity index (χ0v) is 22.7. The third-order valence-corrected chi connectivity index (χ3v) is 6.76. The lowest BCUT2D eigenvalue weighted by atomic mass is 9.90. The van der Waals surface area contributed by atoms with Crippen LogP contribution in [0.1, 0.15) is 31.9 Å². The van der Waals surface area contributed by atoms with E-state index in [2.05, 4.69) is 0 Å². The van der Waals surface area contributed by atoms with Crippen molar-refractivity contribution in [3.63, 3.8) is 0 Å². The van der Waals surface area contributed by atoms with Crippen LogP contribution in [0.3, 0.4) is 0 Å². The minimum atomic E-state index is -1.06. The number of imide groups is 1. The highest BCUT2D eigenvalue weighted by Crippen LogP contribution is 2.50. The zero-order valence-electron chi connectivity index (χ0n) is 22.7. The quantitative estimate of drug-likeness (QED) is 0.218. The fourth-order valence-electron chi connectivity index (χ4n) is 5.03. The van der Waals surface area contributed by atoms with Crippen molar-refractivity contribution in [2.75, 3.05) is 30.8 Å². The smallest absolute Gasteiger partial charge is 0.308 e. The molecule has 3 aromatic carbocycles. The summed E-state index contributed by atoms with van der Waals surface area (Å²) >= 11 is 0. The van der Waals surface area contributed by atoms with Crippen LogP contribution in [0, 0.1) is 5.92 Å². The molecule has 3 unspecified atom stereocenters. The number of hydrogen-bond donors (Lipinski definition) is 0. The molecule has 0 N–H and O–H groups in total. The first-order valence-electron chi connectivity index (χ1n) is 12.9. The molecule has 2 amide bonds. The molecule has 2 aliphatic heterocycles. The van der Waals surface area contributed by atoms with Gasteiger partial charge in [-0.15, -0.1) is 0 Å². The number of amides is 2. The maximum atomic E-state index is 14.0. The lowest BCUT2D eigenvalue weighted by molar-refractivity contribution is -0.132. The number of hydroxylamine groups is 1. The molecule has 2 fully saturated rings. The summed E-state index contributed by atoms with van der Waals surface area (Å²) in [5.74, 6) is -1.05. The van der Waals surface area contributed by atoms with Crippen LogP contribution >= 0.6 is 0 Å². The number of anilines is 2. The van der Waals surface area contributed by atoms with E-state index in [9.17, 15) is 14.4 Å². The predicted octanol–water partition coefficient (Wildman–Crippen LogP) is 4.47. The molecule has 2 heterocycles. The van der Waals surface area contributed by atoms with E-state index in [1.807, 2.05) is 37.3 Å². The van der Waals surface area contributed by atoms with Gasteiger partial charge in [0.05, 0.1) is 38.2 Å². The number of carbonyl (C=O) groups excluding carboxylic acids is 3. The molecule has 10 heteroatoms. The van der Waals surface area contributed by atoms with Gasteiger partial charge in [0.1, 0.15) is 11.7 Å². The second kappa shape index (κ2) is 11.3. The molecule has 40 heavy (non-hydrogen) atoms. The molecule has 2 saturated heterocycles. The van der Waals surface area contributed by atoms with Crippen LogP contribution in [-0.2, 0) is 19.2 Å². The molecule has 0 radical (unpaired) electrons. The predicted molar refractivity (Wildman–Crippen MR) is 146 cm³/mol. The molecule has 3 atom stereocenters. The normalized spacial score (nSPS) is 19.9. The SMILES string of the molecule is CCCOc1ccc(N2C(=O)C3ON(c4ccccc4)C(c4cc(OC)c(OC(C)=O)c(OC)c4)C3C2=O)cc1. The first-order chi connectivity index (χ1) is 19.4. The van der Waals surface area contributed by atoms with Gasteiger partial charge in [0.2, 0.25) is 11.7 Å². The maximum absolute atomic E-state index is 14.0. The second-order valence-corrected chi connectivity index (χ2v) is 9.36. The number of carbonyl (C=O) groups is 3. The zero-order chi connectivity index (χ0) is 28.4. The van der Waals surface area contributed by atoms with Gasteiger partial charge in [0.15, 0.2) is 17.6 Å². The lowest BCUT2D eigenvalue weighted by Gasteiger charge is -2.29. The molecule has 5 rings (SSSR count). The van der Waals surface area contributed by atoms with Gasteiger partial charge in [-0.25, -0.2) is 9.96 Å². The van der Waals surface area contributed by atoms with Crippen molar-refractivity contribution >= 4 is 29.2 Å². The minimum absolute atomic E-state index is 0.115. The van der Waals surface area contributed by atoms with Gasteiger partial charge < -0.3 is 18.9 Å². The van der Waals surface area contributed by atoms with Crippen molar-refractivity contribution in [2.24, 2.45) is 5.92 Å². The van der Waals surface area contributed by atoms with E-state index in [1.165, 1.54) is 21.1 Å². The Kier molecular flexibility index (Phi) is 7.61. The maximum Gasteiger partial charge on any atom is 0.308 e. The van der Waals surface area contributed by atoms with Crippen LogP contribution in [0.4, 0.5) is 11.4 Å². The molecular formula is C30H30N2O8. The monoisotopic (exact) mass is 546 g/mol. The van der Waals surface area contributed by atoms with Gasteiger partial charge in [0.25, 0.3) is 5.91 Å². The number of nitrogens with zero attached hydrogens (tertiary/aromatic N) is 2. The van der Waals surface area contributed by atoms with Crippen LogP contribution in [-0.4, -0.2) is 44.7 Å². The molecule has 0 aliphatic carbocycles. The number of benzene rings is 3. The van der Waals surface area contributed by atoms with Crippen molar-refractivity contribution in [2.45, 2.75) is 32.4 Å². The summed E-state index contributed by atoms with van der Waals surface area (Å²) in [5, 5.41) is 1.57. The standard InChI is InChI=1S/C30H30N2O8/c1-5-15-38-22-13-11-20(12-14-22)31-29(34)25-26(32(40-28(25)30(31)35)21-9-7-6-8-10-21)19-16-23(36-3)27(39-18(2)33)24(17-19)37-4/h6-14,16-17,25-26,28H,5,15H2,1-4H3. The number of ether oxygens (including phenoxy) is 4. The van der Waals surface area contributed by atoms with Crippen LogP contribution < -0.4 is 28.9 Å². The van der Waals surface area contributed by atoms with Crippen LogP contribution in [0.2, 0.25) is 0 Å². The van der Waals surface area contributed by atoms with Gasteiger partial charge in [-0.3, -0.25) is 19.2 Å². The van der Waals surface area contributed by atoms with E-state index in [1.54, 1.807) is 41.5 Å². The van der Waals surface area contributed by atoms with Crippen molar-refractivity contribution in [3.05, 3.63) is 72.3 Å². The molecule has 208 valence electrons. The summed E-state index contributed by atoms with van der Waals surface area (Å²) in [4.78, 5) is 46.7. The number of rotatable bonds is 9. The molecule has 10 nitrogen and oxygen atoms in total. The highest BCUT2D eigenvalue weighted by molar-refractivity contribution is 6.24. The Morgan fingerprint density at radius 1 is 0.900 bits per heavy atom. The largest absolute Gasteiger partial charge is 0.494 e. The van der Waals surface area contributed by atoms with Gasteiger partial charge in [-0.05, 0) is 60.5 Å². The first-order valence-corrected chi connectivity index (χ1v) is 12.9. The second-order valence-electron chi connectivity index (χ2n) is 9.36. The van der Waals surface area contributed by atoms with Crippen LogP contribution in [0.15, 0.2) is 66.7 Å². The number of esters is 1. The molecule has 0 saturated carbocycles. The van der Waals surface area contributed by atoms with Gasteiger partial charge in [-0.2, -0.15) is 0 Å². The highest BCUT2D eigenvalue weighted by Gasteiger charge is 2.60. The summed E-state index contributed by atoms with van der Waals surface area (Å²) in [6.07, 6.45) is -0.193. The average Bonchev–Trinajstić information content (AvgIpc) is 3.48. The Balaban J connectivity index is 1.57. The summed E-state index contributed by atoms with van der Waals surface area (Å²) in [7, 11) is 2.88. The van der Waals surface area contributed by atoms with Crippen LogP contribution in [0.25, 0.3) is 0 Å². The summed E-state index contributed by atoms with van der Waals surface area (Å²) in [6, 6.07) is 18.6. The average molecular weight is 547 g/mol. The number of hydrogen-bond acceptors (Lipinski definition) is 9. The Morgan fingerprint density at radius 3 is 2.12 bits per heavy atom. The summed E-state index contributed by atoms with van der Waals surface area (Å²) < 4.78 is 22.0. The summed E-state index contributed by atoms with van der Waals surface area (Å²) in [5.41, 5.74) is 1.67.